The molecular formula is C34H30O7. The quantitative estimate of drug-likeness (QED) is 0.215. The molecule has 1 N–H and O–H groups in total. The van der Waals surface area contributed by atoms with Crippen LogP contribution in [0.1, 0.15) is 28.5 Å². The molecule has 208 valence electrons. The average Bonchev–Trinajstić information content (AvgIpc) is 2.97. The van der Waals surface area contributed by atoms with Gasteiger partial charge in [0.1, 0.15) is 24.7 Å². The molecule has 7 heteroatoms. The van der Waals surface area contributed by atoms with Gasteiger partial charge in [-0.2, -0.15) is 0 Å². The Bertz CT molecular complexity index is 1610. The maximum atomic E-state index is 14.0. The molecule has 2 aliphatic rings. The predicted molar refractivity (Wildman–Crippen MR) is 153 cm³/mol. The molecule has 1 aliphatic heterocycles. The number of para-hydroxylation sites is 2. The third-order valence-corrected chi connectivity index (χ3v) is 8.08. The first-order chi connectivity index (χ1) is 20.0. The van der Waals surface area contributed by atoms with Gasteiger partial charge in [-0.25, -0.2) is 0 Å². The van der Waals surface area contributed by atoms with E-state index < -0.39 is 35.6 Å². The Morgan fingerprint density at radius 3 is 2.29 bits per heavy atom. The molecule has 1 unspecified atom stereocenters. The highest BCUT2D eigenvalue weighted by Crippen LogP contribution is 2.60. The van der Waals surface area contributed by atoms with Gasteiger partial charge in [0, 0.05) is 17.4 Å². The topological polar surface area (TPSA) is 91.3 Å². The van der Waals surface area contributed by atoms with E-state index in [1.807, 2.05) is 79.7 Å². The number of benzene rings is 4. The lowest BCUT2D eigenvalue weighted by Crippen LogP contribution is -2.52. The molecule has 0 saturated heterocycles. The van der Waals surface area contributed by atoms with Gasteiger partial charge in [0.2, 0.25) is 0 Å². The van der Waals surface area contributed by atoms with Crippen molar-refractivity contribution in [2.24, 2.45) is 11.8 Å². The van der Waals surface area contributed by atoms with E-state index in [4.69, 9.17) is 18.9 Å². The number of fused-ring (bicyclic) bond motifs is 1. The Kier molecular flexibility index (Phi) is 7.10. The van der Waals surface area contributed by atoms with Crippen LogP contribution < -0.4 is 18.9 Å². The second-order valence-electron chi connectivity index (χ2n) is 10.3. The highest BCUT2D eigenvalue weighted by Gasteiger charge is 2.60. The lowest BCUT2D eigenvalue weighted by atomic mass is 9.52. The van der Waals surface area contributed by atoms with E-state index in [-0.39, 0.29) is 0 Å². The fraction of sp³-hybridized carbons (Fsp3) is 0.235. The van der Waals surface area contributed by atoms with Crippen LogP contribution in [0.5, 0.6) is 23.0 Å². The van der Waals surface area contributed by atoms with Gasteiger partial charge in [0.25, 0.3) is 0 Å². The number of aliphatic carboxylic acids is 1. The number of aryl methyl sites for hydroxylation is 1. The van der Waals surface area contributed by atoms with Gasteiger partial charge >= 0.3 is 11.9 Å². The summed E-state index contributed by atoms with van der Waals surface area (Å²) in [6, 6.07) is 27.8. The Hall–Kier alpha value is -4.78. The molecule has 6 rings (SSSR count). The number of carboxylic acids is 1. The summed E-state index contributed by atoms with van der Waals surface area (Å²) in [4.78, 5) is 26.7. The van der Waals surface area contributed by atoms with Crippen molar-refractivity contribution in [3.8, 4) is 34.1 Å². The van der Waals surface area contributed by atoms with Crippen molar-refractivity contribution < 1.29 is 33.6 Å². The van der Waals surface area contributed by atoms with E-state index in [2.05, 4.69) is 0 Å². The molecule has 1 fully saturated rings. The summed E-state index contributed by atoms with van der Waals surface area (Å²) in [7, 11) is 1.54. The van der Waals surface area contributed by atoms with E-state index >= 15 is 0 Å². The second-order valence-corrected chi connectivity index (χ2v) is 10.3. The van der Waals surface area contributed by atoms with Crippen LogP contribution in [0, 0.1) is 18.8 Å². The van der Waals surface area contributed by atoms with Crippen LogP contribution in [0.25, 0.3) is 11.1 Å². The molecule has 1 aliphatic carbocycles. The normalized spacial score (nSPS) is 20.9. The molecule has 1 saturated carbocycles. The average molecular weight is 551 g/mol. The molecule has 1 heterocycles. The van der Waals surface area contributed by atoms with Crippen LogP contribution in [0.2, 0.25) is 0 Å². The van der Waals surface area contributed by atoms with Crippen LogP contribution in [0.3, 0.4) is 0 Å². The van der Waals surface area contributed by atoms with E-state index in [0.717, 1.165) is 22.3 Å². The Balaban J connectivity index is 1.37. The van der Waals surface area contributed by atoms with Crippen molar-refractivity contribution in [1.29, 1.82) is 0 Å². The van der Waals surface area contributed by atoms with Gasteiger partial charge in [-0.05, 0) is 53.4 Å². The highest BCUT2D eigenvalue weighted by atomic mass is 16.6. The lowest BCUT2D eigenvalue weighted by molar-refractivity contribution is -0.158. The van der Waals surface area contributed by atoms with Crippen molar-refractivity contribution in [2.45, 2.75) is 18.8 Å². The SMILES string of the molecule is COc1ccccc1C1[C@@H](C(=O)O)[C@@H](c2ccccc2C)[C@@H]1C(=O)Oc1cccc(-c2cccc3c2OCCO3)c1. The van der Waals surface area contributed by atoms with E-state index in [1.165, 1.54) is 0 Å². The van der Waals surface area contributed by atoms with Gasteiger partial charge < -0.3 is 24.1 Å². The number of esters is 1. The van der Waals surface area contributed by atoms with Crippen LogP contribution in [-0.4, -0.2) is 37.4 Å². The van der Waals surface area contributed by atoms with Crippen LogP contribution in [-0.2, 0) is 9.59 Å². The number of methoxy groups -OCH3 is 1. The van der Waals surface area contributed by atoms with Gasteiger partial charge in [0.05, 0.1) is 18.9 Å². The number of hydrogen-bond donors (Lipinski definition) is 1. The minimum absolute atomic E-state index is 0.364. The van der Waals surface area contributed by atoms with Crippen molar-refractivity contribution in [3.05, 3.63) is 108 Å². The molecule has 0 spiro atoms. The highest BCUT2D eigenvalue weighted by molar-refractivity contribution is 5.86. The molecule has 0 radical (unpaired) electrons. The Morgan fingerprint density at radius 1 is 0.805 bits per heavy atom. The van der Waals surface area contributed by atoms with Gasteiger partial charge in [0.15, 0.2) is 11.5 Å². The van der Waals surface area contributed by atoms with Crippen LogP contribution in [0.15, 0.2) is 91.0 Å². The molecule has 4 atom stereocenters. The fourth-order valence-electron chi connectivity index (χ4n) is 6.24. The van der Waals surface area contributed by atoms with Crippen molar-refractivity contribution in [1.82, 2.24) is 0 Å². The van der Waals surface area contributed by atoms with Gasteiger partial charge in [-0.15, -0.1) is 0 Å². The molecule has 4 aromatic carbocycles. The van der Waals surface area contributed by atoms with E-state index in [0.29, 0.717) is 41.8 Å². The smallest absolute Gasteiger partial charge is 0.315 e. The minimum Gasteiger partial charge on any atom is -0.496 e. The molecule has 7 nitrogen and oxygen atoms in total. The van der Waals surface area contributed by atoms with E-state index in [9.17, 15) is 14.7 Å². The third kappa shape index (κ3) is 4.78. The zero-order valence-electron chi connectivity index (χ0n) is 22.8. The standard InChI is InChI=1S/C34H30O7/c1-20-9-3-4-12-23(20)28-30(33(35)36)29(25-13-5-6-15-26(25)38-2)31(28)34(37)41-22-11-7-10-21(19-22)24-14-8-16-27-32(24)40-18-17-39-27/h3-16,19,28-31H,17-18H2,1-2H3,(H,35,36)/t28-,29?,30+,31+/m1/s1. The first kappa shape index (κ1) is 26.4. The summed E-state index contributed by atoms with van der Waals surface area (Å²) in [6.45, 7) is 2.88. The van der Waals surface area contributed by atoms with Crippen LogP contribution >= 0.6 is 0 Å². The number of ether oxygens (including phenoxy) is 4. The summed E-state index contributed by atoms with van der Waals surface area (Å²) in [5.41, 5.74) is 4.08. The number of hydrogen-bond acceptors (Lipinski definition) is 6. The molecule has 0 bridgehead atoms. The summed E-state index contributed by atoms with van der Waals surface area (Å²) in [6.07, 6.45) is 0. The zero-order chi connectivity index (χ0) is 28.5. The third-order valence-electron chi connectivity index (χ3n) is 8.08. The van der Waals surface area contributed by atoms with Crippen molar-refractivity contribution in [2.75, 3.05) is 20.3 Å². The summed E-state index contributed by atoms with van der Waals surface area (Å²) in [5.74, 6) is -1.97. The number of carbonyl (C=O) groups excluding carboxylic acids is 1. The molecule has 41 heavy (non-hydrogen) atoms. The summed E-state index contributed by atoms with van der Waals surface area (Å²) >= 11 is 0. The molecule has 0 amide bonds. The monoisotopic (exact) mass is 550 g/mol. The van der Waals surface area contributed by atoms with Crippen LogP contribution in [0.4, 0.5) is 0 Å². The van der Waals surface area contributed by atoms with Crippen molar-refractivity contribution in [3.63, 3.8) is 0 Å². The predicted octanol–water partition coefficient (Wildman–Crippen LogP) is 6.25. The summed E-state index contributed by atoms with van der Waals surface area (Å²) < 4.78 is 23.2. The van der Waals surface area contributed by atoms with E-state index in [1.54, 1.807) is 25.3 Å². The first-order valence-corrected chi connectivity index (χ1v) is 13.6. The fourth-order valence-corrected chi connectivity index (χ4v) is 6.24. The van der Waals surface area contributed by atoms with Gasteiger partial charge in [-0.3, -0.25) is 9.59 Å². The minimum atomic E-state index is -0.962. The molecular weight excluding hydrogens is 520 g/mol. The second kappa shape index (κ2) is 11.0. The molecule has 0 aromatic heterocycles. The number of carbonyl (C=O) groups is 2. The maximum absolute atomic E-state index is 14.0. The zero-order valence-corrected chi connectivity index (χ0v) is 22.8. The Labute approximate surface area is 238 Å². The largest absolute Gasteiger partial charge is 0.496 e. The first-order valence-electron chi connectivity index (χ1n) is 13.6. The lowest BCUT2D eigenvalue weighted by Gasteiger charge is -2.49. The maximum Gasteiger partial charge on any atom is 0.315 e. The Morgan fingerprint density at radius 2 is 1.51 bits per heavy atom. The number of carboxylic acid groups (broad SMARTS) is 1. The summed E-state index contributed by atoms with van der Waals surface area (Å²) in [5, 5.41) is 10.4. The number of rotatable bonds is 7. The van der Waals surface area contributed by atoms with Gasteiger partial charge in [-0.1, -0.05) is 66.7 Å². The van der Waals surface area contributed by atoms with Crippen molar-refractivity contribution >= 4 is 11.9 Å². The molecule has 4 aromatic rings.